The van der Waals surface area contributed by atoms with Crippen LogP contribution >= 0.6 is 11.6 Å². The van der Waals surface area contributed by atoms with Crippen LogP contribution in [0.3, 0.4) is 0 Å². The van der Waals surface area contributed by atoms with E-state index in [2.05, 4.69) is 9.97 Å². The maximum absolute atomic E-state index is 13.1. The van der Waals surface area contributed by atoms with E-state index >= 15 is 0 Å². The SMILES string of the molecule is Cc1cc(C)c(Oc2nc(-c3cccc(Cl)c3)ccc2C(=O)NS(=O)(=O)c2ccc[nH]c2=O)c(C)c1.[HH].[HH]. The van der Waals surface area contributed by atoms with E-state index in [0.29, 0.717) is 22.0 Å². The second kappa shape index (κ2) is 9.96. The van der Waals surface area contributed by atoms with Gasteiger partial charge < -0.3 is 9.72 Å². The van der Waals surface area contributed by atoms with Crippen molar-refractivity contribution in [2.75, 3.05) is 0 Å². The van der Waals surface area contributed by atoms with Crippen LogP contribution in [0.25, 0.3) is 11.3 Å². The van der Waals surface area contributed by atoms with Crippen molar-refractivity contribution in [3.8, 4) is 22.9 Å². The van der Waals surface area contributed by atoms with Crippen LogP contribution in [0.4, 0.5) is 0 Å². The summed E-state index contributed by atoms with van der Waals surface area (Å²) in [6.45, 7) is 5.68. The Bertz CT molecular complexity index is 1640. The zero-order valence-electron chi connectivity index (χ0n) is 19.6. The highest BCUT2D eigenvalue weighted by Gasteiger charge is 2.25. The highest BCUT2D eigenvalue weighted by molar-refractivity contribution is 7.90. The molecule has 0 aliphatic carbocycles. The number of halogens is 1. The van der Waals surface area contributed by atoms with Crippen LogP contribution in [0.15, 0.2) is 76.6 Å². The van der Waals surface area contributed by atoms with Gasteiger partial charge in [0.15, 0.2) is 4.90 Å². The van der Waals surface area contributed by atoms with Gasteiger partial charge in [-0.1, -0.05) is 41.4 Å². The molecule has 0 unspecified atom stereocenters. The molecule has 0 bridgehead atoms. The number of sulfonamides is 1. The molecule has 0 fully saturated rings. The molecule has 0 saturated heterocycles. The number of nitrogens with zero attached hydrogens (tertiary/aromatic N) is 1. The molecule has 2 N–H and O–H groups in total. The summed E-state index contributed by atoms with van der Waals surface area (Å²) in [7, 11) is -4.46. The second-order valence-electron chi connectivity index (χ2n) is 8.19. The fraction of sp³-hybridized carbons (Fsp3) is 0.115. The van der Waals surface area contributed by atoms with Gasteiger partial charge in [0.05, 0.1) is 5.69 Å². The maximum Gasteiger partial charge on any atom is 0.270 e. The highest BCUT2D eigenvalue weighted by atomic mass is 35.5. The number of aromatic amines is 1. The number of nitrogens with one attached hydrogen (secondary N) is 2. The van der Waals surface area contributed by atoms with Crippen molar-refractivity contribution in [2.45, 2.75) is 25.7 Å². The number of benzene rings is 2. The summed E-state index contributed by atoms with van der Waals surface area (Å²) in [5.41, 5.74) is 2.84. The number of ether oxygens (including phenoxy) is 1. The molecule has 0 saturated carbocycles. The van der Waals surface area contributed by atoms with Crippen molar-refractivity contribution in [3.63, 3.8) is 0 Å². The first-order valence-electron chi connectivity index (χ1n) is 10.8. The molecule has 188 valence electrons. The molecule has 0 spiro atoms. The van der Waals surface area contributed by atoms with E-state index in [0.717, 1.165) is 22.8 Å². The number of pyridine rings is 2. The first kappa shape index (κ1) is 25.2. The molecule has 0 aliphatic heterocycles. The van der Waals surface area contributed by atoms with E-state index in [1.54, 1.807) is 30.3 Å². The number of aryl methyl sites for hydroxylation is 3. The second-order valence-corrected chi connectivity index (χ2v) is 10.3. The molecule has 0 aliphatic rings. The lowest BCUT2D eigenvalue weighted by Crippen LogP contribution is -2.34. The molecule has 36 heavy (non-hydrogen) atoms. The van der Waals surface area contributed by atoms with Gasteiger partial charge in [0.1, 0.15) is 11.3 Å². The first-order chi connectivity index (χ1) is 17.0. The number of hydrogen-bond acceptors (Lipinski definition) is 6. The van der Waals surface area contributed by atoms with E-state index in [4.69, 9.17) is 16.3 Å². The number of carbonyl (C=O) groups is 1. The predicted octanol–water partition coefficient (Wildman–Crippen LogP) is 5.42. The number of rotatable bonds is 6. The van der Waals surface area contributed by atoms with Crippen LogP contribution < -0.4 is 15.0 Å². The minimum absolute atomic E-state index is 0. The van der Waals surface area contributed by atoms with Crippen LogP contribution in [0.1, 0.15) is 29.9 Å². The number of amides is 1. The Hall–Kier alpha value is -3.95. The van der Waals surface area contributed by atoms with Crippen molar-refractivity contribution in [1.82, 2.24) is 14.7 Å². The molecular weight excluding hydrogens is 502 g/mol. The third kappa shape index (κ3) is 5.32. The molecule has 2 aromatic carbocycles. The Morgan fingerprint density at radius 3 is 2.42 bits per heavy atom. The van der Waals surface area contributed by atoms with Gasteiger partial charge in [0.25, 0.3) is 21.5 Å². The van der Waals surface area contributed by atoms with Gasteiger partial charge in [0.2, 0.25) is 5.88 Å². The van der Waals surface area contributed by atoms with Gasteiger partial charge in [-0.3, -0.25) is 9.59 Å². The molecule has 2 aromatic heterocycles. The van der Waals surface area contributed by atoms with E-state index in [1.807, 2.05) is 37.6 Å². The van der Waals surface area contributed by atoms with Gasteiger partial charge >= 0.3 is 0 Å². The lowest BCUT2D eigenvalue weighted by Gasteiger charge is -2.16. The van der Waals surface area contributed by atoms with Gasteiger partial charge in [-0.15, -0.1) is 0 Å². The van der Waals surface area contributed by atoms with Gasteiger partial charge in [-0.05, 0) is 68.3 Å². The van der Waals surface area contributed by atoms with E-state index in [-0.39, 0.29) is 14.3 Å². The molecular formula is C26H26ClN3O5S. The summed E-state index contributed by atoms with van der Waals surface area (Å²) in [6.07, 6.45) is 1.29. The topological polar surface area (TPSA) is 118 Å². The maximum atomic E-state index is 13.1. The van der Waals surface area contributed by atoms with Crippen LogP contribution in [-0.4, -0.2) is 24.3 Å². The first-order valence-corrected chi connectivity index (χ1v) is 12.7. The number of H-pyrrole nitrogens is 1. The fourth-order valence-electron chi connectivity index (χ4n) is 3.77. The third-order valence-corrected chi connectivity index (χ3v) is 6.92. The highest BCUT2D eigenvalue weighted by Crippen LogP contribution is 2.33. The standard InChI is InChI=1S/C26H22ClN3O5S.2H2/c1-15-12-16(2)23(17(3)13-15)35-26-20(9-10-21(29-26)18-6-4-7-19(27)14-18)24(31)30-36(33,34)22-8-5-11-28-25(22)32;;/h4-14H,1-3H3,(H,28,32)(H,30,31);2*1H. The zero-order valence-corrected chi connectivity index (χ0v) is 21.2. The normalized spacial score (nSPS) is 11.2. The van der Waals surface area contributed by atoms with Crippen LogP contribution in [-0.2, 0) is 10.0 Å². The van der Waals surface area contributed by atoms with E-state index in [1.165, 1.54) is 18.3 Å². The fourth-order valence-corrected chi connectivity index (χ4v) is 4.99. The third-order valence-electron chi connectivity index (χ3n) is 5.33. The molecule has 0 atom stereocenters. The Labute approximate surface area is 216 Å². The Morgan fingerprint density at radius 2 is 1.75 bits per heavy atom. The summed E-state index contributed by atoms with van der Waals surface area (Å²) >= 11 is 6.13. The average molecular weight is 528 g/mol. The Balaban J connectivity index is 0.00000253. The number of aromatic nitrogens is 2. The Kier molecular flexibility index (Phi) is 6.96. The lowest BCUT2D eigenvalue weighted by atomic mass is 10.1. The van der Waals surface area contributed by atoms with Crippen molar-refractivity contribution in [2.24, 2.45) is 0 Å². The largest absolute Gasteiger partial charge is 0.438 e. The molecule has 4 rings (SSSR count). The van der Waals surface area contributed by atoms with E-state index < -0.39 is 26.4 Å². The molecule has 8 nitrogen and oxygen atoms in total. The summed E-state index contributed by atoms with van der Waals surface area (Å²) in [5.74, 6) is -0.606. The van der Waals surface area contributed by atoms with E-state index in [9.17, 15) is 18.0 Å². The van der Waals surface area contributed by atoms with Gasteiger partial charge in [-0.25, -0.2) is 18.1 Å². The van der Waals surface area contributed by atoms with Crippen LogP contribution in [0.5, 0.6) is 11.6 Å². The minimum Gasteiger partial charge on any atom is -0.438 e. The summed E-state index contributed by atoms with van der Waals surface area (Å²) in [4.78, 5) is 31.3. The smallest absolute Gasteiger partial charge is 0.270 e. The van der Waals surface area contributed by atoms with Crippen LogP contribution in [0, 0.1) is 20.8 Å². The molecule has 10 heteroatoms. The van der Waals surface area contributed by atoms with Gasteiger partial charge in [-0.2, -0.15) is 0 Å². The van der Waals surface area contributed by atoms with Crippen molar-refractivity contribution in [1.29, 1.82) is 0 Å². The summed E-state index contributed by atoms with van der Waals surface area (Å²) in [6, 6.07) is 16.3. The van der Waals surface area contributed by atoms with Crippen molar-refractivity contribution >= 4 is 27.5 Å². The number of hydrogen-bond donors (Lipinski definition) is 2. The monoisotopic (exact) mass is 527 g/mol. The molecule has 2 heterocycles. The summed E-state index contributed by atoms with van der Waals surface area (Å²) < 4.78 is 33.6. The molecule has 4 aromatic rings. The predicted molar refractivity (Wildman–Crippen MR) is 141 cm³/mol. The summed E-state index contributed by atoms with van der Waals surface area (Å²) in [5, 5.41) is 0.503. The average Bonchev–Trinajstić information content (AvgIpc) is 2.81. The van der Waals surface area contributed by atoms with Crippen LogP contribution in [0.2, 0.25) is 5.02 Å². The zero-order chi connectivity index (χ0) is 26.0. The molecule has 0 radical (unpaired) electrons. The number of carbonyl (C=O) groups excluding carboxylic acids is 1. The van der Waals surface area contributed by atoms with Gasteiger partial charge in [0, 0.05) is 19.6 Å². The molecule has 1 amide bonds. The Morgan fingerprint density at radius 1 is 1.03 bits per heavy atom. The van der Waals surface area contributed by atoms with Crippen molar-refractivity contribution in [3.05, 3.63) is 104 Å². The van der Waals surface area contributed by atoms with Crippen molar-refractivity contribution < 1.29 is 20.8 Å². The minimum atomic E-state index is -4.46. The lowest BCUT2D eigenvalue weighted by molar-refractivity contribution is 0.0978. The quantitative estimate of drug-likeness (QED) is 0.345.